The molecule has 1 aromatic rings. The van der Waals surface area contributed by atoms with Crippen molar-refractivity contribution >= 4 is 6.09 Å². The number of carbonyl (C=O) groups excluding carboxylic acids is 1. The van der Waals surface area contributed by atoms with E-state index >= 15 is 0 Å². The third-order valence-corrected chi connectivity index (χ3v) is 2.87. The maximum Gasteiger partial charge on any atom is 0.408 e. The van der Waals surface area contributed by atoms with Crippen molar-refractivity contribution in [2.45, 2.75) is 45.8 Å². The van der Waals surface area contributed by atoms with Crippen molar-refractivity contribution in [3.63, 3.8) is 0 Å². The van der Waals surface area contributed by atoms with Crippen molar-refractivity contribution in [3.05, 3.63) is 47.9 Å². The van der Waals surface area contributed by atoms with Gasteiger partial charge in [0.05, 0.1) is 6.04 Å². The number of nitrogens with one attached hydrogen (secondary N) is 2. The van der Waals surface area contributed by atoms with E-state index in [2.05, 4.69) is 17.2 Å². The van der Waals surface area contributed by atoms with Crippen LogP contribution < -0.4 is 10.6 Å². The van der Waals surface area contributed by atoms with Gasteiger partial charge in [0, 0.05) is 12.2 Å². The summed E-state index contributed by atoms with van der Waals surface area (Å²) in [6.45, 7) is 12.0. The molecule has 1 amide bonds. The standard InChI is InChI=1S/C17H25FN2O2/c1-6-19-12(2)15(20-16(21)22-17(3,4)5)11-13-7-9-14(18)10-8-13/h7-10,15,19H,2,6,11H2,1,3-5H3,(H,20,21). The van der Waals surface area contributed by atoms with Gasteiger partial charge in [0.1, 0.15) is 11.4 Å². The molecule has 1 rings (SSSR count). The zero-order chi connectivity index (χ0) is 16.8. The van der Waals surface area contributed by atoms with Crippen LogP contribution in [-0.2, 0) is 11.2 Å². The van der Waals surface area contributed by atoms with Crippen LogP contribution >= 0.6 is 0 Å². The van der Waals surface area contributed by atoms with Gasteiger partial charge in [-0.3, -0.25) is 0 Å². The minimum absolute atomic E-state index is 0.286. The number of rotatable bonds is 6. The van der Waals surface area contributed by atoms with E-state index in [0.717, 1.165) is 5.56 Å². The number of hydrogen-bond acceptors (Lipinski definition) is 3. The van der Waals surface area contributed by atoms with Crippen molar-refractivity contribution in [2.75, 3.05) is 6.54 Å². The molecule has 0 fully saturated rings. The van der Waals surface area contributed by atoms with E-state index in [-0.39, 0.29) is 11.9 Å². The van der Waals surface area contributed by atoms with Gasteiger partial charge < -0.3 is 15.4 Å². The molecule has 1 aromatic carbocycles. The van der Waals surface area contributed by atoms with E-state index in [1.807, 2.05) is 6.92 Å². The highest BCUT2D eigenvalue weighted by Gasteiger charge is 2.21. The molecule has 0 aliphatic rings. The zero-order valence-electron chi connectivity index (χ0n) is 13.7. The van der Waals surface area contributed by atoms with Crippen molar-refractivity contribution < 1.29 is 13.9 Å². The average Bonchev–Trinajstić information content (AvgIpc) is 2.38. The smallest absolute Gasteiger partial charge is 0.408 e. The Kier molecular flexibility index (Phi) is 6.40. The normalized spacial score (nSPS) is 12.4. The summed E-state index contributed by atoms with van der Waals surface area (Å²) in [5.74, 6) is -0.286. The monoisotopic (exact) mass is 308 g/mol. The first-order valence-electron chi connectivity index (χ1n) is 7.38. The van der Waals surface area contributed by atoms with Crippen LogP contribution in [0.25, 0.3) is 0 Å². The second-order valence-electron chi connectivity index (χ2n) is 6.08. The van der Waals surface area contributed by atoms with E-state index in [1.54, 1.807) is 32.9 Å². The maximum atomic E-state index is 13.0. The van der Waals surface area contributed by atoms with E-state index in [9.17, 15) is 9.18 Å². The van der Waals surface area contributed by atoms with Gasteiger partial charge in [-0.2, -0.15) is 0 Å². The Morgan fingerprint density at radius 3 is 2.41 bits per heavy atom. The van der Waals surface area contributed by atoms with E-state index in [4.69, 9.17) is 4.74 Å². The van der Waals surface area contributed by atoms with E-state index in [0.29, 0.717) is 18.7 Å². The van der Waals surface area contributed by atoms with Crippen molar-refractivity contribution in [3.8, 4) is 0 Å². The summed E-state index contributed by atoms with van der Waals surface area (Å²) in [7, 11) is 0. The van der Waals surface area contributed by atoms with Gasteiger partial charge in [-0.05, 0) is 51.8 Å². The summed E-state index contributed by atoms with van der Waals surface area (Å²) in [6, 6.07) is 5.85. The number of hydrogen-bond donors (Lipinski definition) is 2. The first-order valence-corrected chi connectivity index (χ1v) is 7.38. The number of carbonyl (C=O) groups is 1. The Morgan fingerprint density at radius 1 is 1.32 bits per heavy atom. The lowest BCUT2D eigenvalue weighted by Crippen LogP contribution is -2.43. The van der Waals surface area contributed by atoms with Crippen LogP contribution in [0.2, 0.25) is 0 Å². The molecule has 0 aromatic heterocycles. The average molecular weight is 308 g/mol. The predicted molar refractivity (Wildman–Crippen MR) is 86.1 cm³/mol. The van der Waals surface area contributed by atoms with Gasteiger partial charge in [-0.15, -0.1) is 0 Å². The Morgan fingerprint density at radius 2 is 1.91 bits per heavy atom. The molecule has 2 N–H and O–H groups in total. The summed E-state index contributed by atoms with van der Waals surface area (Å²) < 4.78 is 18.3. The van der Waals surface area contributed by atoms with Crippen LogP contribution in [0.3, 0.4) is 0 Å². The third kappa shape index (κ3) is 6.61. The lowest BCUT2D eigenvalue weighted by atomic mass is 10.0. The number of amides is 1. The van der Waals surface area contributed by atoms with Gasteiger partial charge >= 0.3 is 6.09 Å². The minimum atomic E-state index is -0.565. The molecule has 0 saturated heterocycles. The third-order valence-electron chi connectivity index (χ3n) is 2.87. The lowest BCUT2D eigenvalue weighted by molar-refractivity contribution is 0.0510. The van der Waals surface area contributed by atoms with Gasteiger partial charge in [-0.25, -0.2) is 9.18 Å². The molecule has 0 aliphatic carbocycles. The fourth-order valence-corrected chi connectivity index (χ4v) is 1.92. The molecule has 0 spiro atoms. The first-order chi connectivity index (χ1) is 10.2. The Balaban J connectivity index is 2.77. The fraction of sp³-hybridized carbons (Fsp3) is 0.471. The highest BCUT2D eigenvalue weighted by atomic mass is 19.1. The molecular formula is C17H25FN2O2. The fourth-order valence-electron chi connectivity index (χ4n) is 1.92. The summed E-state index contributed by atoms with van der Waals surface area (Å²) in [4.78, 5) is 12.0. The van der Waals surface area contributed by atoms with Crippen LogP contribution in [-0.4, -0.2) is 24.3 Å². The number of benzene rings is 1. The van der Waals surface area contributed by atoms with E-state index in [1.165, 1.54) is 12.1 Å². The first kappa shape index (κ1) is 18.0. The van der Waals surface area contributed by atoms with Gasteiger partial charge in [0.15, 0.2) is 0 Å². The molecule has 0 radical (unpaired) electrons. The molecule has 22 heavy (non-hydrogen) atoms. The van der Waals surface area contributed by atoms with E-state index < -0.39 is 11.7 Å². The van der Waals surface area contributed by atoms with Crippen LogP contribution in [0.15, 0.2) is 36.5 Å². The molecule has 0 aliphatic heterocycles. The quantitative estimate of drug-likeness (QED) is 0.847. The SMILES string of the molecule is C=C(NCC)C(Cc1ccc(F)cc1)NC(=O)OC(C)(C)C. The second-order valence-corrected chi connectivity index (χ2v) is 6.08. The van der Waals surface area contributed by atoms with Gasteiger partial charge in [-0.1, -0.05) is 18.7 Å². The molecular weight excluding hydrogens is 283 g/mol. The lowest BCUT2D eigenvalue weighted by Gasteiger charge is -2.25. The van der Waals surface area contributed by atoms with Gasteiger partial charge in [0.2, 0.25) is 0 Å². The van der Waals surface area contributed by atoms with Gasteiger partial charge in [0.25, 0.3) is 0 Å². The zero-order valence-corrected chi connectivity index (χ0v) is 13.7. The summed E-state index contributed by atoms with van der Waals surface area (Å²) in [5.41, 5.74) is 1.03. The Hall–Kier alpha value is -2.04. The van der Waals surface area contributed by atoms with Crippen molar-refractivity contribution in [1.82, 2.24) is 10.6 Å². The number of alkyl carbamates (subject to hydrolysis) is 1. The highest BCUT2D eigenvalue weighted by molar-refractivity contribution is 5.68. The topological polar surface area (TPSA) is 50.4 Å². The van der Waals surface area contributed by atoms with Crippen LogP contribution in [0.4, 0.5) is 9.18 Å². The minimum Gasteiger partial charge on any atom is -0.444 e. The van der Waals surface area contributed by atoms with Crippen molar-refractivity contribution in [2.24, 2.45) is 0 Å². The molecule has 0 bridgehead atoms. The summed E-state index contributed by atoms with van der Waals surface area (Å²) in [5, 5.41) is 5.91. The Labute approximate surface area is 131 Å². The highest BCUT2D eigenvalue weighted by Crippen LogP contribution is 2.11. The molecule has 5 heteroatoms. The predicted octanol–water partition coefficient (Wildman–Crippen LogP) is 3.38. The largest absolute Gasteiger partial charge is 0.444 e. The number of likely N-dealkylation sites (N-methyl/N-ethyl adjacent to an activating group) is 1. The summed E-state index contributed by atoms with van der Waals surface area (Å²) in [6.07, 6.45) is 0.00408. The van der Waals surface area contributed by atoms with Crippen LogP contribution in [0.5, 0.6) is 0 Å². The number of ether oxygens (including phenoxy) is 1. The van der Waals surface area contributed by atoms with Crippen molar-refractivity contribution in [1.29, 1.82) is 0 Å². The summed E-state index contributed by atoms with van der Waals surface area (Å²) >= 11 is 0. The Bertz CT molecular complexity index is 506. The van der Waals surface area contributed by atoms with Crippen LogP contribution in [0, 0.1) is 5.82 Å². The second kappa shape index (κ2) is 7.82. The molecule has 0 saturated carbocycles. The molecule has 1 unspecified atom stereocenters. The van der Waals surface area contributed by atoms with Crippen LogP contribution in [0.1, 0.15) is 33.3 Å². The maximum absolute atomic E-state index is 13.0. The molecule has 0 heterocycles. The molecule has 122 valence electrons. The molecule has 4 nitrogen and oxygen atoms in total. The molecule has 1 atom stereocenters. The number of halogens is 1.